The van der Waals surface area contributed by atoms with Crippen molar-refractivity contribution >= 4 is 18.3 Å². The number of piperidine rings is 1. The zero-order valence-corrected chi connectivity index (χ0v) is 14.6. The molecule has 0 radical (unpaired) electrons. The van der Waals surface area contributed by atoms with Gasteiger partial charge in [0.25, 0.3) is 5.91 Å². The van der Waals surface area contributed by atoms with Crippen LogP contribution in [0.4, 0.5) is 0 Å². The Balaban J connectivity index is 0.00000264. The van der Waals surface area contributed by atoms with E-state index < -0.39 is 0 Å². The van der Waals surface area contributed by atoms with Gasteiger partial charge in [-0.1, -0.05) is 18.6 Å². The molecule has 7 nitrogen and oxygen atoms in total. The van der Waals surface area contributed by atoms with Crippen molar-refractivity contribution in [3.8, 4) is 0 Å². The number of rotatable bonds is 9. The van der Waals surface area contributed by atoms with Gasteiger partial charge < -0.3 is 15.4 Å². The quantitative estimate of drug-likeness (QED) is 0.664. The predicted octanol–water partition coefficient (Wildman–Crippen LogP) is 1.56. The van der Waals surface area contributed by atoms with Crippen LogP contribution in [-0.2, 0) is 4.74 Å². The zero-order chi connectivity index (χ0) is 15.6. The van der Waals surface area contributed by atoms with E-state index in [1.165, 1.54) is 0 Å². The summed E-state index contributed by atoms with van der Waals surface area (Å²) in [6, 6.07) is 0.349. The van der Waals surface area contributed by atoms with Gasteiger partial charge >= 0.3 is 0 Å². The van der Waals surface area contributed by atoms with Crippen LogP contribution in [0.15, 0.2) is 6.20 Å². The number of halogens is 1. The Labute approximate surface area is 143 Å². The van der Waals surface area contributed by atoms with Crippen molar-refractivity contribution in [3.05, 3.63) is 11.9 Å². The van der Waals surface area contributed by atoms with Crippen LogP contribution < -0.4 is 10.6 Å². The summed E-state index contributed by atoms with van der Waals surface area (Å²) in [7, 11) is 0. The summed E-state index contributed by atoms with van der Waals surface area (Å²) in [6.07, 6.45) is 6.86. The summed E-state index contributed by atoms with van der Waals surface area (Å²) in [6.45, 7) is 6.21. The number of aromatic nitrogens is 3. The second-order valence-electron chi connectivity index (χ2n) is 5.64. The summed E-state index contributed by atoms with van der Waals surface area (Å²) in [4.78, 5) is 12.0. The van der Waals surface area contributed by atoms with E-state index in [4.69, 9.17) is 4.74 Å². The molecule has 0 saturated carbocycles. The molecule has 1 aromatic heterocycles. The maximum atomic E-state index is 12.0. The van der Waals surface area contributed by atoms with Crippen molar-refractivity contribution in [2.45, 2.75) is 45.1 Å². The highest BCUT2D eigenvalue weighted by Crippen LogP contribution is 2.16. The van der Waals surface area contributed by atoms with Gasteiger partial charge in [-0.3, -0.25) is 4.79 Å². The smallest absolute Gasteiger partial charge is 0.273 e. The molecule has 132 valence electrons. The molecule has 0 spiro atoms. The molecule has 0 unspecified atom stereocenters. The minimum absolute atomic E-state index is 0. The number of hydrogen-bond donors (Lipinski definition) is 2. The molecule has 0 aliphatic carbocycles. The van der Waals surface area contributed by atoms with Crippen molar-refractivity contribution in [2.75, 3.05) is 32.8 Å². The monoisotopic (exact) mass is 345 g/mol. The van der Waals surface area contributed by atoms with Crippen LogP contribution in [0.25, 0.3) is 0 Å². The molecule has 8 heteroatoms. The fourth-order valence-corrected chi connectivity index (χ4v) is 2.45. The Morgan fingerprint density at radius 2 is 2.13 bits per heavy atom. The van der Waals surface area contributed by atoms with Gasteiger partial charge in [0.15, 0.2) is 5.69 Å². The molecule has 2 N–H and O–H groups in total. The molecule has 2 heterocycles. The van der Waals surface area contributed by atoms with E-state index in [-0.39, 0.29) is 18.3 Å². The van der Waals surface area contributed by atoms with Crippen molar-refractivity contribution in [2.24, 2.45) is 0 Å². The molecule has 0 aromatic carbocycles. The van der Waals surface area contributed by atoms with E-state index in [1.807, 2.05) is 4.68 Å². The van der Waals surface area contributed by atoms with Crippen LogP contribution in [0.1, 0.15) is 55.6 Å². The summed E-state index contributed by atoms with van der Waals surface area (Å²) in [5.41, 5.74) is 0.394. The molecule has 23 heavy (non-hydrogen) atoms. The minimum atomic E-state index is -0.159. The maximum Gasteiger partial charge on any atom is 0.273 e. The van der Waals surface area contributed by atoms with Gasteiger partial charge in [-0.25, -0.2) is 4.68 Å². The Kier molecular flexibility index (Phi) is 9.82. The Morgan fingerprint density at radius 1 is 1.39 bits per heavy atom. The molecule has 1 aliphatic rings. The van der Waals surface area contributed by atoms with Gasteiger partial charge in [0.2, 0.25) is 0 Å². The summed E-state index contributed by atoms with van der Waals surface area (Å²) in [5.74, 6) is -0.159. The molecule has 1 aliphatic heterocycles. The highest BCUT2D eigenvalue weighted by Gasteiger charge is 2.18. The first-order chi connectivity index (χ1) is 10.8. The second-order valence-corrected chi connectivity index (χ2v) is 5.64. The molecule has 1 aromatic rings. The zero-order valence-electron chi connectivity index (χ0n) is 13.8. The number of amides is 1. The number of nitrogens with zero attached hydrogens (tertiary/aromatic N) is 3. The lowest BCUT2D eigenvalue weighted by atomic mass is 10.1. The first-order valence-corrected chi connectivity index (χ1v) is 8.29. The van der Waals surface area contributed by atoms with E-state index in [1.54, 1.807) is 6.20 Å². The number of ether oxygens (including phenoxy) is 1. The summed E-state index contributed by atoms with van der Waals surface area (Å²) >= 11 is 0. The lowest BCUT2D eigenvalue weighted by molar-refractivity contribution is 0.0935. The predicted molar refractivity (Wildman–Crippen MR) is 91.1 cm³/mol. The van der Waals surface area contributed by atoms with E-state index in [0.29, 0.717) is 24.9 Å². The lowest BCUT2D eigenvalue weighted by Gasteiger charge is -2.22. The van der Waals surface area contributed by atoms with E-state index in [0.717, 1.165) is 51.8 Å². The third kappa shape index (κ3) is 6.85. The molecular formula is C15H28ClN5O2. The topological polar surface area (TPSA) is 81.1 Å². The second kappa shape index (κ2) is 11.4. The number of nitrogens with one attached hydrogen (secondary N) is 2. The fourth-order valence-electron chi connectivity index (χ4n) is 2.45. The van der Waals surface area contributed by atoms with Gasteiger partial charge in [0, 0.05) is 19.8 Å². The maximum absolute atomic E-state index is 12.0. The highest BCUT2D eigenvalue weighted by molar-refractivity contribution is 5.91. The normalized spacial score (nSPS) is 15.2. The largest absolute Gasteiger partial charge is 0.381 e. The van der Waals surface area contributed by atoms with E-state index in [2.05, 4.69) is 27.9 Å². The Bertz CT molecular complexity index is 449. The van der Waals surface area contributed by atoms with Crippen molar-refractivity contribution in [1.82, 2.24) is 25.6 Å². The number of unbranched alkanes of at least 4 members (excludes halogenated alkanes) is 1. The standard InChI is InChI=1S/C15H27N5O2.ClH/c1-2-3-10-22-11-4-7-17-15(21)14-12-20(19-18-14)13-5-8-16-9-6-13;/h12-13,16H,2-11H2,1H3,(H,17,21);1H. The average molecular weight is 346 g/mol. The fraction of sp³-hybridized carbons (Fsp3) is 0.800. The molecule has 0 atom stereocenters. The molecular weight excluding hydrogens is 318 g/mol. The van der Waals surface area contributed by atoms with Crippen LogP contribution in [0.2, 0.25) is 0 Å². The van der Waals surface area contributed by atoms with Gasteiger partial charge in [0.1, 0.15) is 0 Å². The third-order valence-corrected chi connectivity index (χ3v) is 3.82. The molecule has 0 bridgehead atoms. The van der Waals surface area contributed by atoms with Gasteiger partial charge in [-0.2, -0.15) is 0 Å². The number of hydrogen-bond acceptors (Lipinski definition) is 5. The van der Waals surface area contributed by atoms with Crippen molar-refractivity contribution in [3.63, 3.8) is 0 Å². The molecule has 1 amide bonds. The van der Waals surface area contributed by atoms with Crippen LogP contribution in [0, 0.1) is 0 Å². The highest BCUT2D eigenvalue weighted by atomic mass is 35.5. The third-order valence-electron chi connectivity index (χ3n) is 3.82. The SMILES string of the molecule is CCCCOCCCNC(=O)c1cn(C2CCNCC2)nn1.Cl. The van der Waals surface area contributed by atoms with Crippen LogP contribution in [0.5, 0.6) is 0 Å². The van der Waals surface area contributed by atoms with Crippen molar-refractivity contribution < 1.29 is 9.53 Å². The van der Waals surface area contributed by atoms with Crippen molar-refractivity contribution in [1.29, 1.82) is 0 Å². The van der Waals surface area contributed by atoms with Gasteiger partial charge in [-0.05, 0) is 38.8 Å². The van der Waals surface area contributed by atoms with Crippen LogP contribution in [0.3, 0.4) is 0 Å². The molecule has 1 fully saturated rings. The number of carbonyl (C=O) groups excluding carboxylic acids is 1. The van der Waals surface area contributed by atoms with E-state index >= 15 is 0 Å². The molecule has 1 saturated heterocycles. The van der Waals surface area contributed by atoms with Crippen LogP contribution >= 0.6 is 12.4 Å². The first-order valence-electron chi connectivity index (χ1n) is 8.29. The first kappa shape index (κ1) is 19.9. The summed E-state index contributed by atoms with van der Waals surface area (Å²) in [5, 5.41) is 14.2. The van der Waals surface area contributed by atoms with Gasteiger partial charge in [0.05, 0.1) is 12.2 Å². The average Bonchev–Trinajstić information content (AvgIpc) is 3.05. The van der Waals surface area contributed by atoms with Gasteiger partial charge in [-0.15, -0.1) is 17.5 Å². The number of carbonyl (C=O) groups is 1. The minimum Gasteiger partial charge on any atom is -0.381 e. The lowest BCUT2D eigenvalue weighted by Crippen LogP contribution is -2.29. The van der Waals surface area contributed by atoms with Crippen LogP contribution in [-0.4, -0.2) is 53.7 Å². The molecule has 2 rings (SSSR count). The van der Waals surface area contributed by atoms with E-state index in [9.17, 15) is 4.79 Å². The summed E-state index contributed by atoms with van der Waals surface area (Å²) < 4.78 is 7.28. The Morgan fingerprint density at radius 3 is 2.87 bits per heavy atom. The Hall–Kier alpha value is -1.18.